The van der Waals surface area contributed by atoms with E-state index < -0.39 is 11.5 Å². The summed E-state index contributed by atoms with van der Waals surface area (Å²) < 4.78 is 16.7. The van der Waals surface area contributed by atoms with Crippen LogP contribution >= 0.6 is 11.3 Å². The molecule has 0 aromatic carbocycles. The highest BCUT2D eigenvalue weighted by Crippen LogP contribution is 2.50. The van der Waals surface area contributed by atoms with Crippen molar-refractivity contribution in [3.05, 3.63) is 36.0 Å². The number of carbonyl (C=O) groups is 1. The van der Waals surface area contributed by atoms with E-state index in [0.717, 1.165) is 34.7 Å². The maximum Gasteiger partial charge on any atom is 0.268 e. The molecule has 0 unspecified atom stereocenters. The lowest BCUT2D eigenvalue weighted by molar-refractivity contribution is 0.0505. The number of methoxy groups -OCH3 is 2. The summed E-state index contributed by atoms with van der Waals surface area (Å²) >= 11 is 1.39. The lowest BCUT2D eigenvalue weighted by atomic mass is 9.88. The Morgan fingerprint density at radius 2 is 1.90 bits per heavy atom. The number of amides is 1. The molecule has 3 aromatic heterocycles. The average Bonchev–Trinajstić information content (AvgIpc) is 3.22. The first-order chi connectivity index (χ1) is 14.6. The van der Waals surface area contributed by atoms with E-state index in [1.807, 2.05) is 6.07 Å². The fraction of sp³-hybridized carbons (Fsp3) is 0.350. The summed E-state index contributed by atoms with van der Waals surface area (Å²) in [5.74, 6) is 0.494. The van der Waals surface area contributed by atoms with E-state index in [1.165, 1.54) is 31.9 Å². The van der Waals surface area contributed by atoms with Gasteiger partial charge in [0.25, 0.3) is 5.91 Å². The van der Waals surface area contributed by atoms with Crippen LogP contribution < -0.4 is 19.5 Å². The monoisotopic (exact) mass is 427 g/mol. The molecule has 0 bridgehead atoms. The summed E-state index contributed by atoms with van der Waals surface area (Å²) in [6.07, 6.45) is 6.17. The summed E-state index contributed by atoms with van der Waals surface area (Å²) in [6, 6.07) is 1.89. The van der Waals surface area contributed by atoms with Crippen molar-refractivity contribution in [3.8, 4) is 28.0 Å². The van der Waals surface area contributed by atoms with Gasteiger partial charge in [0.1, 0.15) is 17.8 Å². The third kappa shape index (κ3) is 3.13. The van der Waals surface area contributed by atoms with Crippen LogP contribution in [0.15, 0.2) is 24.8 Å². The molecule has 4 rings (SSSR count). The number of ether oxygens (including phenoxy) is 3. The summed E-state index contributed by atoms with van der Waals surface area (Å²) in [7, 11) is 2.86. The van der Waals surface area contributed by atoms with Crippen molar-refractivity contribution in [1.82, 2.24) is 19.9 Å². The molecule has 0 saturated carbocycles. The second-order valence-electron chi connectivity index (χ2n) is 6.59. The second kappa shape index (κ2) is 7.86. The largest absolute Gasteiger partial charge is 0.480 e. The molecule has 4 heterocycles. The quantitative estimate of drug-likeness (QED) is 0.635. The summed E-state index contributed by atoms with van der Waals surface area (Å²) in [4.78, 5) is 30.9. The Morgan fingerprint density at radius 3 is 2.53 bits per heavy atom. The van der Waals surface area contributed by atoms with Crippen LogP contribution in [0.5, 0.6) is 17.5 Å². The van der Waals surface area contributed by atoms with Crippen molar-refractivity contribution >= 4 is 22.4 Å². The smallest absolute Gasteiger partial charge is 0.268 e. The summed E-state index contributed by atoms with van der Waals surface area (Å²) in [6.45, 7) is 4.12. The van der Waals surface area contributed by atoms with E-state index in [-0.39, 0.29) is 17.3 Å². The average molecular weight is 427 g/mol. The van der Waals surface area contributed by atoms with Gasteiger partial charge in [0.2, 0.25) is 11.8 Å². The molecule has 0 saturated heterocycles. The van der Waals surface area contributed by atoms with Crippen LogP contribution in [0.1, 0.15) is 42.7 Å². The van der Waals surface area contributed by atoms with E-state index in [1.54, 1.807) is 12.4 Å². The Kier molecular flexibility index (Phi) is 5.25. The first kappa shape index (κ1) is 20.0. The van der Waals surface area contributed by atoms with Crippen molar-refractivity contribution in [2.75, 3.05) is 19.5 Å². The van der Waals surface area contributed by atoms with Crippen LogP contribution in [0.3, 0.4) is 0 Å². The fourth-order valence-corrected chi connectivity index (χ4v) is 4.60. The van der Waals surface area contributed by atoms with Crippen LogP contribution in [0, 0.1) is 0 Å². The van der Waals surface area contributed by atoms with E-state index >= 15 is 0 Å². The van der Waals surface area contributed by atoms with Gasteiger partial charge in [-0.1, -0.05) is 25.2 Å². The van der Waals surface area contributed by atoms with Crippen LogP contribution in [0.25, 0.3) is 10.4 Å². The van der Waals surface area contributed by atoms with E-state index in [2.05, 4.69) is 34.1 Å². The topological polar surface area (TPSA) is 108 Å². The molecule has 0 fully saturated rings. The predicted molar refractivity (Wildman–Crippen MR) is 111 cm³/mol. The van der Waals surface area contributed by atoms with Crippen molar-refractivity contribution < 1.29 is 19.0 Å². The highest BCUT2D eigenvalue weighted by molar-refractivity contribution is 7.19. The molecule has 1 amide bonds. The first-order valence-corrected chi connectivity index (χ1v) is 10.3. The molecule has 0 atom stereocenters. The molecule has 10 heteroatoms. The number of carbonyl (C=O) groups excluding carboxylic acids is 1. The standard InChI is InChI=1S/C20H21N5O4S/c1-5-20(6-2)15-14(11-7-8-21-9-12(11)29-20)30-19(24-15)25-16(26)13-17(27-3)22-10-23-18(13)28-4/h7-10H,5-6H2,1-4H3,(H,24,25,26). The number of nitrogens with one attached hydrogen (secondary N) is 1. The number of fused-ring (bicyclic) bond motifs is 3. The van der Waals surface area contributed by atoms with Crippen LogP contribution in [-0.4, -0.2) is 40.1 Å². The van der Waals surface area contributed by atoms with Gasteiger partial charge in [0.15, 0.2) is 16.3 Å². The van der Waals surface area contributed by atoms with Crippen molar-refractivity contribution in [2.24, 2.45) is 0 Å². The van der Waals surface area contributed by atoms with Gasteiger partial charge in [-0.25, -0.2) is 15.0 Å². The zero-order chi connectivity index (χ0) is 21.3. The van der Waals surface area contributed by atoms with E-state index in [0.29, 0.717) is 5.13 Å². The van der Waals surface area contributed by atoms with Gasteiger partial charge in [0.05, 0.1) is 25.3 Å². The minimum absolute atomic E-state index is 0.105. The Bertz CT molecular complexity index is 1070. The molecule has 156 valence electrons. The second-order valence-corrected chi connectivity index (χ2v) is 7.59. The van der Waals surface area contributed by atoms with Gasteiger partial charge < -0.3 is 14.2 Å². The molecular weight excluding hydrogens is 406 g/mol. The van der Waals surface area contributed by atoms with Crippen molar-refractivity contribution in [1.29, 1.82) is 0 Å². The molecule has 30 heavy (non-hydrogen) atoms. The highest BCUT2D eigenvalue weighted by Gasteiger charge is 2.41. The Morgan fingerprint density at radius 1 is 1.20 bits per heavy atom. The van der Waals surface area contributed by atoms with Crippen LogP contribution in [0.2, 0.25) is 0 Å². The molecule has 0 spiro atoms. The molecule has 0 radical (unpaired) electrons. The summed E-state index contributed by atoms with van der Waals surface area (Å²) in [5, 5.41) is 3.28. The zero-order valence-electron chi connectivity index (χ0n) is 17.1. The molecule has 1 aliphatic heterocycles. The first-order valence-electron chi connectivity index (χ1n) is 9.45. The number of aromatic nitrogens is 4. The maximum atomic E-state index is 13.0. The Hall–Kier alpha value is -3.27. The number of hydrogen-bond acceptors (Lipinski definition) is 9. The van der Waals surface area contributed by atoms with Crippen molar-refractivity contribution in [3.63, 3.8) is 0 Å². The van der Waals surface area contributed by atoms with Gasteiger partial charge in [0, 0.05) is 11.8 Å². The minimum Gasteiger partial charge on any atom is -0.480 e. The van der Waals surface area contributed by atoms with Gasteiger partial charge in [-0.15, -0.1) is 0 Å². The molecule has 9 nitrogen and oxygen atoms in total. The molecular formula is C20H21N5O4S. The number of pyridine rings is 1. The lowest BCUT2D eigenvalue weighted by Gasteiger charge is -2.36. The number of thiazole rings is 1. The number of anilines is 1. The summed E-state index contributed by atoms with van der Waals surface area (Å²) in [5.41, 5.74) is 1.26. The number of rotatable bonds is 6. The Balaban J connectivity index is 1.76. The Labute approximate surface area is 177 Å². The molecule has 1 aliphatic rings. The van der Waals surface area contributed by atoms with Crippen LogP contribution in [0.4, 0.5) is 5.13 Å². The van der Waals surface area contributed by atoms with Gasteiger partial charge >= 0.3 is 0 Å². The molecule has 3 aromatic rings. The minimum atomic E-state index is -0.573. The van der Waals surface area contributed by atoms with Gasteiger partial charge in [-0.05, 0) is 18.9 Å². The third-order valence-corrected chi connectivity index (χ3v) is 6.15. The van der Waals surface area contributed by atoms with Crippen LogP contribution in [-0.2, 0) is 5.60 Å². The highest BCUT2D eigenvalue weighted by atomic mass is 32.1. The number of hydrogen-bond donors (Lipinski definition) is 1. The fourth-order valence-electron chi connectivity index (χ4n) is 3.52. The molecule has 0 aliphatic carbocycles. The van der Waals surface area contributed by atoms with Gasteiger partial charge in [-0.2, -0.15) is 0 Å². The van der Waals surface area contributed by atoms with E-state index in [4.69, 9.17) is 19.2 Å². The predicted octanol–water partition coefficient (Wildman–Crippen LogP) is 3.67. The normalized spacial score (nSPS) is 13.6. The number of nitrogens with zero attached hydrogens (tertiary/aromatic N) is 4. The SMILES string of the molecule is CCC1(CC)Oc2cnccc2-c2sc(NC(=O)c3c(OC)ncnc3OC)nc21. The van der Waals surface area contributed by atoms with E-state index in [9.17, 15) is 4.79 Å². The lowest BCUT2D eigenvalue weighted by Crippen LogP contribution is -2.35. The molecule has 1 N–H and O–H groups in total. The maximum absolute atomic E-state index is 13.0. The van der Waals surface area contributed by atoms with Gasteiger partial charge in [-0.3, -0.25) is 15.1 Å². The third-order valence-electron chi connectivity index (χ3n) is 5.15. The van der Waals surface area contributed by atoms with Crippen molar-refractivity contribution in [2.45, 2.75) is 32.3 Å². The zero-order valence-corrected chi connectivity index (χ0v) is 17.9.